The van der Waals surface area contributed by atoms with E-state index in [2.05, 4.69) is 9.97 Å². The Morgan fingerprint density at radius 1 is 1.06 bits per heavy atom. The summed E-state index contributed by atoms with van der Waals surface area (Å²) in [4.78, 5) is 47.4. The monoisotopic (exact) mass is 491 g/mol. The van der Waals surface area contributed by atoms with E-state index >= 15 is 0 Å². The first kappa shape index (κ1) is 22.3. The van der Waals surface area contributed by atoms with Crippen molar-refractivity contribution in [1.82, 2.24) is 14.9 Å². The van der Waals surface area contributed by atoms with Crippen LogP contribution in [-0.2, 0) is 10.2 Å². The SMILES string of the molecule is COC(=O)c1c(C)[nH]c2c1[C@@]13CC1CN(C(=O)c1cc4cc(OC)c(OC)c(OC)c4[nH]1)C3=CC2=O. The maximum atomic E-state index is 13.8. The zero-order valence-corrected chi connectivity index (χ0v) is 20.5. The number of hydrogen-bond donors (Lipinski definition) is 2. The first-order valence-electron chi connectivity index (χ1n) is 11.5. The van der Waals surface area contributed by atoms with E-state index < -0.39 is 11.4 Å². The molecule has 186 valence electrons. The minimum absolute atomic E-state index is 0.109. The normalized spacial score (nSPS) is 21.5. The number of nitrogens with zero attached hydrogens (tertiary/aromatic N) is 1. The Kier molecular flexibility index (Phi) is 4.57. The lowest BCUT2D eigenvalue weighted by molar-refractivity contribution is 0.0598. The number of rotatable bonds is 5. The molecular formula is C26H25N3O7. The minimum atomic E-state index is -0.552. The molecule has 0 radical (unpaired) electrons. The molecule has 36 heavy (non-hydrogen) atoms. The maximum Gasteiger partial charge on any atom is 0.340 e. The Morgan fingerprint density at radius 2 is 1.81 bits per heavy atom. The summed E-state index contributed by atoms with van der Waals surface area (Å²) in [7, 11) is 5.89. The molecule has 1 aromatic carbocycles. The number of allylic oxidation sites excluding steroid dienone is 2. The number of carbonyl (C=O) groups excluding carboxylic acids is 3. The third kappa shape index (κ3) is 2.64. The van der Waals surface area contributed by atoms with Crippen molar-refractivity contribution in [3.05, 3.63) is 52.1 Å². The first-order chi connectivity index (χ1) is 17.3. The van der Waals surface area contributed by atoms with Crippen LogP contribution in [0.2, 0.25) is 0 Å². The van der Waals surface area contributed by atoms with Gasteiger partial charge in [-0.1, -0.05) is 0 Å². The van der Waals surface area contributed by atoms with Gasteiger partial charge in [0.2, 0.25) is 11.5 Å². The number of aromatic nitrogens is 2. The van der Waals surface area contributed by atoms with E-state index in [1.54, 1.807) is 24.0 Å². The molecule has 6 rings (SSSR count). The second kappa shape index (κ2) is 7.39. The summed E-state index contributed by atoms with van der Waals surface area (Å²) in [5, 5.41) is 0.720. The molecule has 2 atom stereocenters. The third-order valence-corrected chi connectivity index (χ3v) is 7.69. The Hall–Kier alpha value is -4.21. The van der Waals surface area contributed by atoms with Crippen molar-refractivity contribution >= 4 is 28.6 Å². The van der Waals surface area contributed by atoms with Crippen LogP contribution in [0.5, 0.6) is 17.2 Å². The van der Waals surface area contributed by atoms with Crippen molar-refractivity contribution < 1.29 is 33.3 Å². The maximum absolute atomic E-state index is 13.8. The van der Waals surface area contributed by atoms with E-state index in [1.165, 1.54) is 34.5 Å². The van der Waals surface area contributed by atoms with Crippen molar-refractivity contribution in [2.75, 3.05) is 35.0 Å². The predicted octanol–water partition coefficient (Wildman–Crippen LogP) is 3.11. The molecule has 2 fully saturated rings. The highest BCUT2D eigenvalue weighted by Crippen LogP contribution is 2.67. The van der Waals surface area contributed by atoms with Crippen LogP contribution in [0.4, 0.5) is 0 Å². The van der Waals surface area contributed by atoms with Crippen LogP contribution in [-0.4, -0.2) is 67.5 Å². The van der Waals surface area contributed by atoms with Gasteiger partial charge in [0.25, 0.3) is 5.91 Å². The lowest BCUT2D eigenvalue weighted by Crippen LogP contribution is -2.34. The molecule has 1 spiro atoms. The van der Waals surface area contributed by atoms with Crippen molar-refractivity contribution in [3.63, 3.8) is 0 Å². The fourth-order valence-electron chi connectivity index (χ4n) is 6.07. The van der Waals surface area contributed by atoms with Gasteiger partial charge in [0.05, 0.1) is 45.2 Å². The van der Waals surface area contributed by atoms with Gasteiger partial charge in [0.15, 0.2) is 11.5 Å². The Bertz CT molecular complexity index is 1530. The second-order valence-electron chi connectivity index (χ2n) is 9.34. The summed E-state index contributed by atoms with van der Waals surface area (Å²) < 4.78 is 21.5. The molecule has 1 unspecified atom stereocenters. The van der Waals surface area contributed by atoms with Gasteiger partial charge < -0.3 is 33.8 Å². The van der Waals surface area contributed by atoms with Crippen molar-refractivity contribution in [2.24, 2.45) is 5.92 Å². The number of aromatic amines is 2. The molecule has 1 saturated heterocycles. The number of ether oxygens (including phenoxy) is 4. The number of H-pyrrole nitrogens is 2. The number of fused-ring (bicyclic) bond motifs is 2. The van der Waals surface area contributed by atoms with Crippen molar-refractivity contribution in [1.29, 1.82) is 0 Å². The lowest BCUT2D eigenvalue weighted by atomic mass is 9.82. The number of aryl methyl sites for hydroxylation is 1. The molecule has 3 heterocycles. The molecular weight excluding hydrogens is 466 g/mol. The standard InChI is InChI=1S/C26H25N3O7/c1-11-18(25(32)36-5)19-21(27-11)15(30)8-17-26(19)9-13(26)10-29(17)24(31)14-6-12-7-16(33-2)22(34-3)23(35-4)20(12)28-14/h6-8,13,27-28H,9-10H2,1-5H3/t13?,26-/m0/s1. The van der Waals surface area contributed by atoms with E-state index in [0.717, 1.165) is 11.8 Å². The molecule has 3 aromatic rings. The highest BCUT2D eigenvalue weighted by atomic mass is 16.5. The Labute approximate surface area is 206 Å². The molecule has 1 aliphatic heterocycles. The van der Waals surface area contributed by atoms with Gasteiger partial charge in [-0.15, -0.1) is 0 Å². The number of esters is 1. The van der Waals surface area contributed by atoms with Gasteiger partial charge >= 0.3 is 5.97 Å². The number of piperidine rings is 1. The predicted molar refractivity (Wildman–Crippen MR) is 128 cm³/mol. The number of amides is 1. The van der Waals surface area contributed by atoms with Gasteiger partial charge in [-0.2, -0.15) is 0 Å². The van der Waals surface area contributed by atoms with Crippen LogP contribution >= 0.6 is 0 Å². The molecule has 10 nitrogen and oxygen atoms in total. The average Bonchev–Trinajstić information content (AvgIpc) is 3.14. The summed E-state index contributed by atoms with van der Waals surface area (Å²) >= 11 is 0. The van der Waals surface area contributed by atoms with Crippen LogP contribution in [0, 0.1) is 12.8 Å². The van der Waals surface area contributed by atoms with Gasteiger partial charge in [-0.3, -0.25) is 9.59 Å². The fourth-order valence-corrected chi connectivity index (χ4v) is 6.07. The van der Waals surface area contributed by atoms with Gasteiger partial charge in [0.1, 0.15) is 5.69 Å². The first-order valence-corrected chi connectivity index (χ1v) is 11.5. The third-order valence-electron chi connectivity index (χ3n) is 7.69. The largest absolute Gasteiger partial charge is 0.493 e. The summed E-state index contributed by atoms with van der Waals surface area (Å²) in [6.45, 7) is 2.20. The summed E-state index contributed by atoms with van der Waals surface area (Å²) in [5.74, 6) is 0.406. The van der Waals surface area contributed by atoms with Gasteiger partial charge in [-0.25, -0.2) is 4.79 Å². The second-order valence-corrected chi connectivity index (χ2v) is 9.34. The highest BCUT2D eigenvalue weighted by molar-refractivity contribution is 6.12. The zero-order valence-electron chi connectivity index (χ0n) is 20.5. The summed E-state index contributed by atoms with van der Waals surface area (Å²) in [6, 6.07) is 3.50. The van der Waals surface area contributed by atoms with Crippen molar-refractivity contribution in [2.45, 2.75) is 18.8 Å². The molecule has 2 N–H and O–H groups in total. The van der Waals surface area contributed by atoms with Crippen LogP contribution in [0.1, 0.15) is 49.0 Å². The number of ketones is 1. The number of nitrogens with one attached hydrogen (secondary N) is 2. The molecule has 2 aliphatic carbocycles. The number of benzene rings is 1. The Morgan fingerprint density at radius 3 is 2.47 bits per heavy atom. The van der Waals surface area contributed by atoms with Crippen LogP contribution < -0.4 is 14.2 Å². The van der Waals surface area contributed by atoms with E-state index in [1.807, 2.05) is 0 Å². The number of likely N-dealkylation sites (tertiary alicyclic amines) is 1. The Balaban J connectivity index is 1.43. The topological polar surface area (TPSA) is 123 Å². The van der Waals surface area contributed by atoms with Crippen LogP contribution in [0.25, 0.3) is 10.9 Å². The van der Waals surface area contributed by atoms with Gasteiger partial charge in [0, 0.05) is 40.4 Å². The lowest BCUT2D eigenvalue weighted by Gasteiger charge is -2.28. The number of methoxy groups -OCH3 is 4. The number of carbonyl (C=O) groups is 3. The average molecular weight is 492 g/mol. The smallest absolute Gasteiger partial charge is 0.340 e. The van der Waals surface area contributed by atoms with Crippen LogP contribution in [0.3, 0.4) is 0 Å². The van der Waals surface area contributed by atoms with E-state index in [0.29, 0.717) is 63.2 Å². The molecule has 0 bridgehead atoms. The van der Waals surface area contributed by atoms with E-state index in [-0.39, 0.29) is 17.6 Å². The van der Waals surface area contributed by atoms with E-state index in [9.17, 15) is 14.4 Å². The van der Waals surface area contributed by atoms with Gasteiger partial charge in [-0.05, 0) is 31.4 Å². The van der Waals surface area contributed by atoms with E-state index in [4.69, 9.17) is 18.9 Å². The molecule has 2 aromatic heterocycles. The summed E-state index contributed by atoms with van der Waals surface area (Å²) in [6.07, 6.45) is 2.29. The molecule has 1 amide bonds. The van der Waals surface area contributed by atoms with Crippen molar-refractivity contribution in [3.8, 4) is 17.2 Å². The molecule has 10 heteroatoms. The summed E-state index contributed by atoms with van der Waals surface area (Å²) in [5.41, 5.74) is 3.05. The molecule has 1 saturated carbocycles. The highest BCUT2D eigenvalue weighted by Gasteiger charge is 2.69. The number of hydrogen-bond acceptors (Lipinski definition) is 7. The minimum Gasteiger partial charge on any atom is -0.493 e. The fraction of sp³-hybridized carbons (Fsp3) is 0.346. The quantitative estimate of drug-likeness (QED) is 0.526. The van der Waals surface area contributed by atoms with Crippen LogP contribution in [0.15, 0.2) is 23.9 Å². The molecule has 3 aliphatic rings. The zero-order chi connectivity index (χ0) is 25.5.